The Kier molecular flexibility index (Phi) is 5.33. The first-order chi connectivity index (χ1) is 10.2. The van der Waals surface area contributed by atoms with Crippen LogP contribution in [0, 0.1) is 5.92 Å². The van der Waals surface area contributed by atoms with Gasteiger partial charge in [-0.2, -0.15) is 0 Å². The Morgan fingerprint density at radius 2 is 2.05 bits per heavy atom. The molecule has 0 radical (unpaired) electrons. The maximum absolute atomic E-state index is 12.7. The van der Waals surface area contributed by atoms with E-state index >= 15 is 0 Å². The number of benzene rings is 1. The van der Waals surface area contributed by atoms with E-state index in [1.54, 1.807) is 18.1 Å². The maximum atomic E-state index is 12.7. The van der Waals surface area contributed by atoms with Crippen LogP contribution in [0.5, 0.6) is 0 Å². The fraction of sp³-hybridized carbons (Fsp3) is 0.500. The Bertz CT molecular complexity index is 515. The summed E-state index contributed by atoms with van der Waals surface area (Å²) in [6, 6.07) is 7.42. The predicted molar refractivity (Wildman–Crippen MR) is 77.8 cm³/mol. The maximum Gasteiger partial charge on any atom is 0.310 e. The van der Waals surface area contributed by atoms with Crippen LogP contribution in [-0.2, 0) is 20.9 Å². The number of carbonyl (C=O) groups excluding carboxylic acids is 2. The summed E-state index contributed by atoms with van der Waals surface area (Å²) in [7, 11) is 2.99. The number of methoxy groups -OCH3 is 2. The van der Waals surface area contributed by atoms with E-state index in [1.165, 1.54) is 7.11 Å². The second kappa shape index (κ2) is 7.22. The first-order valence-corrected chi connectivity index (χ1v) is 7.11. The molecule has 1 amide bonds. The van der Waals surface area contributed by atoms with Gasteiger partial charge < -0.3 is 14.4 Å². The molecular weight excluding hydrogens is 270 g/mol. The number of rotatable bonds is 4. The summed E-state index contributed by atoms with van der Waals surface area (Å²) in [5, 5.41) is 0. The molecule has 1 aliphatic rings. The summed E-state index contributed by atoms with van der Waals surface area (Å²) >= 11 is 0. The second-order valence-electron chi connectivity index (χ2n) is 5.20. The molecule has 1 aliphatic heterocycles. The van der Waals surface area contributed by atoms with Gasteiger partial charge in [-0.15, -0.1) is 0 Å². The van der Waals surface area contributed by atoms with Crippen molar-refractivity contribution < 1.29 is 19.1 Å². The van der Waals surface area contributed by atoms with Crippen molar-refractivity contribution in [3.63, 3.8) is 0 Å². The van der Waals surface area contributed by atoms with Gasteiger partial charge >= 0.3 is 5.97 Å². The quantitative estimate of drug-likeness (QED) is 0.795. The van der Waals surface area contributed by atoms with E-state index < -0.39 is 0 Å². The van der Waals surface area contributed by atoms with Gasteiger partial charge in [-0.25, -0.2) is 0 Å². The number of hydrogen-bond acceptors (Lipinski definition) is 4. The molecular formula is C16H21NO4. The molecule has 1 fully saturated rings. The predicted octanol–water partition coefficient (Wildman–Crippen LogP) is 1.86. The average molecular weight is 291 g/mol. The van der Waals surface area contributed by atoms with E-state index in [-0.39, 0.29) is 17.8 Å². The minimum atomic E-state index is -0.238. The van der Waals surface area contributed by atoms with Crippen LogP contribution >= 0.6 is 0 Å². The van der Waals surface area contributed by atoms with Crippen molar-refractivity contribution in [2.24, 2.45) is 5.92 Å². The summed E-state index contributed by atoms with van der Waals surface area (Å²) < 4.78 is 9.93. The van der Waals surface area contributed by atoms with Crippen molar-refractivity contribution >= 4 is 11.9 Å². The molecule has 0 aliphatic carbocycles. The lowest BCUT2D eigenvalue weighted by Crippen LogP contribution is -2.42. The molecule has 0 saturated carbocycles. The lowest BCUT2D eigenvalue weighted by atomic mass is 9.97. The fourth-order valence-corrected chi connectivity index (χ4v) is 2.70. The van der Waals surface area contributed by atoms with Crippen LogP contribution in [0.15, 0.2) is 24.3 Å². The third-order valence-electron chi connectivity index (χ3n) is 3.79. The van der Waals surface area contributed by atoms with Crippen molar-refractivity contribution in [2.45, 2.75) is 19.4 Å². The molecule has 1 saturated heterocycles. The molecule has 5 nitrogen and oxygen atoms in total. The molecule has 5 heteroatoms. The number of nitrogens with zero attached hydrogens (tertiary/aromatic N) is 1. The monoisotopic (exact) mass is 291 g/mol. The largest absolute Gasteiger partial charge is 0.469 e. The highest BCUT2D eigenvalue weighted by Crippen LogP contribution is 2.21. The molecule has 1 atom stereocenters. The first-order valence-electron chi connectivity index (χ1n) is 7.11. The summed E-state index contributed by atoms with van der Waals surface area (Å²) in [5.74, 6) is -0.504. The van der Waals surface area contributed by atoms with Gasteiger partial charge in [-0.05, 0) is 24.5 Å². The number of esters is 1. The van der Waals surface area contributed by atoms with E-state index in [2.05, 4.69) is 0 Å². The first kappa shape index (κ1) is 15.5. The van der Waals surface area contributed by atoms with E-state index in [1.807, 2.05) is 18.2 Å². The zero-order valence-electron chi connectivity index (χ0n) is 12.5. The summed E-state index contributed by atoms with van der Waals surface area (Å²) in [5.41, 5.74) is 1.51. The van der Waals surface area contributed by atoms with Crippen molar-refractivity contribution in [3.8, 4) is 0 Å². The van der Waals surface area contributed by atoms with E-state index in [9.17, 15) is 9.59 Å². The van der Waals surface area contributed by atoms with Gasteiger partial charge in [0.25, 0.3) is 5.91 Å². The SMILES string of the molecule is COCc1ccccc1C(=O)N1CCCC(C(=O)OC)C1. The molecule has 1 unspecified atom stereocenters. The molecule has 114 valence electrons. The Balaban J connectivity index is 2.14. The van der Waals surface area contributed by atoms with Gasteiger partial charge in [0.05, 0.1) is 19.6 Å². The van der Waals surface area contributed by atoms with Crippen molar-refractivity contribution in [1.29, 1.82) is 0 Å². The molecule has 1 heterocycles. The molecule has 1 aromatic rings. The van der Waals surface area contributed by atoms with E-state index in [0.29, 0.717) is 25.3 Å². The standard InChI is InChI=1S/C16H21NO4/c1-20-11-13-6-3-4-8-14(13)15(18)17-9-5-7-12(10-17)16(19)21-2/h3-4,6,8,12H,5,7,9-11H2,1-2H3. The molecule has 1 aromatic carbocycles. The number of ether oxygens (including phenoxy) is 2. The highest BCUT2D eigenvalue weighted by atomic mass is 16.5. The van der Waals surface area contributed by atoms with Crippen LogP contribution in [0.25, 0.3) is 0 Å². The van der Waals surface area contributed by atoms with Gasteiger partial charge in [-0.3, -0.25) is 9.59 Å². The van der Waals surface area contributed by atoms with Gasteiger partial charge in [0.2, 0.25) is 0 Å². The molecule has 0 bridgehead atoms. The zero-order valence-corrected chi connectivity index (χ0v) is 12.5. The number of carbonyl (C=O) groups is 2. The lowest BCUT2D eigenvalue weighted by molar-refractivity contribution is -0.146. The Morgan fingerprint density at radius 1 is 1.29 bits per heavy atom. The highest BCUT2D eigenvalue weighted by Gasteiger charge is 2.30. The molecule has 0 N–H and O–H groups in total. The normalized spacial score (nSPS) is 18.4. The second-order valence-corrected chi connectivity index (χ2v) is 5.20. The molecule has 21 heavy (non-hydrogen) atoms. The zero-order chi connectivity index (χ0) is 15.2. The number of piperidine rings is 1. The van der Waals surface area contributed by atoms with Crippen molar-refractivity contribution in [1.82, 2.24) is 4.90 Å². The fourth-order valence-electron chi connectivity index (χ4n) is 2.70. The smallest absolute Gasteiger partial charge is 0.310 e. The van der Waals surface area contributed by atoms with Crippen LogP contribution in [0.1, 0.15) is 28.8 Å². The van der Waals surface area contributed by atoms with Crippen LogP contribution in [-0.4, -0.2) is 44.1 Å². The molecule has 0 aromatic heterocycles. The number of amides is 1. The Hall–Kier alpha value is -1.88. The summed E-state index contributed by atoms with van der Waals surface area (Å²) in [4.78, 5) is 26.1. The van der Waals surface area contributed by atoms with Gasteiger partial charge in [0, 0.05) is 25.8 Å². The number of likely N-dealkylation sites (tertiary alicyclic amines) is 1. The van der Waals surface area contributed by atoms with Crippen LogP contribution in [0.3, 0.4) is 0 Å². The lowest BCUT2D eigenvalue weighted by Gasteiger charge is -2.31. The summed E-state index contributed by atoms with van der Waals surface area (Å²) in [6.45, 7) is 1.50. The van der Waals surface area contributed by atoms with Gasteiger partial charge in [-0.1, -0.05) is 18.2 Å². The third-order valence-corrected chi connectivity index (χ3v) is 3.79. The Labute approximate surface area is 124 Å². The van der Waals surface area contributed by atoms with Crippen LogP contribution < -0.4 is 0 Å². The third kappa shape index (κ3) is 3.61. The Morgan fingerprint density at radius 3 is 2.76 bits per heavy atom. The topological polar surface area (TPSA) is 55.8 Å². The average Bonchev–Trinajstić information content (AvgIpc) is 2.54. The van der Waals surface area contributed by atoms with Crippen LogP contribution in [0.2, 0.25) is 0 Å². The summed E-state index contributed by atoms with van der Waals surface area (Å²) in [6.07, 6.45) is 1.59. The van der Waals surface area contributed by atoms with Crippen molar-refractivity contribution in [2.75, 3.05) is 27.3 Å². The van der Waals surface area contributed by atoms with Crippen molar-refractivity contribution in [3.05, 3.63) is 35.4 Å². The van der Waals surface area contributed by atoms with Gasteiger partial charge in [0.1, 0.15) is 0 Å². The van der Waals surface area contributed by atoms with Gasteiger partial charge in [0.15, 0.2) is 0 Å². The van der Waals surface area contributed by atoms with Crippen LogP contribution in [0.4, 0.5) is 0 Å². The molecule has 2 rings (SSSR count). The number of hydrogen-bond donors (Lipinski definition) is 0. The van der Waals surface area contributed by atoms with E-state index in [0.717, 1.165) is 18.4 Å². The minimum absolute atomic E-state index is 0.0451. The molecule has 0 spiro atoms. The minimum Gasteiger partial charge on any atom is -0.469 e. The van der Waals surface area contributed by atoms with E-state index in [4.69, 9.17) is 9.47 Å². The highest BCUT2D eigenvalue weighted by molar-refractivity contribution is 5.96.